The molecule has 0 saturated heterocycles. The highest BCUT2D eigenvalue weighted by Gasteiger charge is 2.35. The Bertz CT molecular complexity index is 1080. The van der Waals surface area contributed by atoms with Gasteiger partial charge < -0.3 is 9.80 Å². The van der Waals surface area contributed by atoms with E-state index in [-0.39, 0.29) is 30.1 Å². The predicted molar refractivity (Wildman–Crippen MR) is 122 cm³/mol. The van der Waals surface area contributed by atoms with Gasteiger partial charge in [-0.15, -0.1) is 11.3 Å². The summed E-state index contributed by atoms with van der Waals surface area (Å²) in [4.78, 5) is 41.3. The van der Waals surface area contributed by atoms with E-state index in [1.54, 1.807) is 21.1 Å². The van der Waals surface area contributed by atoms with E-state index < -0.39 is 4.92 Å². The van der Waals surface area contributed by atoms with Gasteiger partial charge in [0.2, 0.25) is 5.91 Å². The zero-order valence-corrected chi connectivity index (χ0v) is 18.2. The number of nitrogens with zero attached hydrogens (tertiary/aromatic N) is 3. The van der Waals surface area contributed by atoms with E-state index in [1.165, 1.54) is 24.3 Å². The molecule has 2 amide bonds. The Morgan fingerprint density at radius 2 is 1.69 bits per heavy atom. The summed E-state index contributed by atoms with van der Waals surface area (Å²) in [6, 6.07) is 19.3. The number of amides is 2. The predicted octanol–water partition coefficient (Wildman–Crippen LogP) is 4.49. The average Bonchev–Trinajstić information content (AvgIpc) is 3.52. The first kappa shape index (κ1) is 21.7. The summed E-state index contributed by atoms with van der Waals surface area (Å²) in [6.45, 7) is 0.927. The highest BCUT2D eigenvalue weighted by molar-refractivity contribution is 7.09. The molecule has 8 heteroatoms. The molecule has 1 fully saturated rings. The molecule has 0 bridgehead atoms. The molecule has 4 rings (SSSR count). The lowest BCUT2D eigenvalue weighted by Gasteiger charge is -2.28. The van der Waals surface area contributed by atoms with Crippen LogP contribution in [-0.2, 0) is 17.9 Å². The zero-order chi connectivity index (χ0) is 22.5. The summed E-state index contributed by atoms with van der Waals surface area (Å²) in [5, 5.41) is 12.9. The van der Waals surface area contributed by atoms with Gasteiger partial charge >= 0.3 is 0 Å². The fourth-order valence-corrected chi connectivity index (χ4v) is 4.24. The van der Waals surface area contributed by atoms with E-state index in [9.17, 15) is 19.7 Å². The number of nitro groups is 1. The normalized spacial score (nSPS) is 12.9. The molecule has 0 N–H and O–H groups in total. The largest absolute Gasteiger partial charge is 0.332 e. The van der Waals surface area contributed by atoms with Gasteiger partial charge in [0.15, 0.2) is 0 Å². The lowest BCUT2D eigenvalue weighted by atomic mass is 10.1. The second kappa shape index (κ2) is 9.74. The summed E-state index contributed by atoms with van der Waals surface area (Å²) >= 11 is 1.59. The number of non-ortho nitro benzene ring substituents is 1. The summed E-state index contributed by atoms with van der Waals surface area (Å²) in [5.41, 5.74) is 1.31. The van der Waals surface area contributed by atoms with Crippen molar-refractivity contribution in [1.82, 2.24) is 9.80 Å². The lowest BCUT2D eigenvalue weighted by molar-refractivity contribution is -0.384. The maximum absolute atomic E-state index is 13.3. The van der Waals surface area contributed by atoms with Crippen molar-refractivity contribution in [2.24, 2.45) is 0 Å². The first-order valence-corrected chi connectivity index (χ1v) is 11.3. The van der Waals surface area contributed by atoms with Crippen LogP contribution in [0, 0.1) is 10.1 Å². The minimum absolute atomic E-state index is 0.0152. The van der Waals surface area contributed by atoms with Gasteiger partial charge in [-0.2, -0.15) is 0 Å². The molecule has 2 aromatic carbocycles. The smallest absolute Gasteiger partial charge is 0.269 e. The van der Waals surface area contributed by atoms with Crippen LogP contribution in [-0.4, -0.2) is 39.1 Å². The van der Waals surface area contributed by atoms with Gasteiger partial charge in [0.1, 0.15) is 6.54 Å². The number of carbonyl (C=O) groups excluding carboxylic acids is 2. The van der Waals surface area contributed by atoms with Crippen LogP contribution >= 0.6 is 11.3 Å². The Hall–Kier alpha value is -3.52. The first-order chi connectivity index (χ1) is 15.5. The van der Waals surface area contributed by atoms with Gasteiger partial charge in [0.25, 0.3) is 11.6 Å². The Morgan fingerprint density at radius 1 is 0.969 bits per heavy atom. The van der Waals surface area contributed by atoms with Crippen LogP contribution < -0.4 is 0 Å². The molecule has 1 aliphatic carbocycles. The van der Waals surface area contributed by atoms with E-state index >= 15 is 0 Å². The van der Waals surface area contributed by atoms with Crippen molar-refractivity contribution in [2.45, 2.75) is 32.0 Å². The molecule has 1 aliphatic rings. The van der Waals surface area contributed by atoms with Gasteiger partial charge in [-0.3, -0.25) is 19.7 Å². The highest BCUT2D eigenvalue weighted by atomic mass is 32.1. The summed E-state index contributed by atoms with van der Waals surface area (Å²) in [5.74, 6) is -0.393. The maximum atomic E-state index is 13.3. The molecular formula is C24H23N3O4S. The van der Waals surface area contributed by atoms with Gasteiger partial charge in [0.05, 0.1) is 11.5 Å². The third kappa shape index (κ3) is 5.39. The molecule has 0 unspecified atom stereocenters. The molecule has 0 aliphatic heterocycles. The monoisotopic (exact) mass is 449 g/mol. The van der Waals surface area contributed by atoms with E-state index in [1.807, 2.05) is 47.8 Å². The third-order valence-electron chi connectivity index (χ3n) is 5.37. The van der Waals surface area contributed by atoms with Crippen molar-refractivity contribution in [3.05, 3.63) is 98.2 Å². The molecule has 3 aromatic rings. The van der Waals surface area contributed by atoms with Crippen molar-refractivity contribution in [2.75, 3.05) is 6.54 Å². The first-order valence-electron chi connectivity index (χ1n) is 10.4. The van der Waals surface area contributed by atoms with Gasteiger partial charge in [-0.1, -0.05) is 36.4 Å². The quantitative estimate of drug-likeness (QED) is 0.356. The molecule has 32 heavy (non-hydrogen) atoms. The number of hydrogen-bond acceptors (Lipinski definition) is 5. The molecular weight excluding hydrogens is 426 g/mol. The van der Waals surface area contributed by atoms with Crippen LogP contribution in [0.1, 0.15) is 33.6 Å². The Kier molecular flexibility index (Phi) is 6.61. The van der Waals surface area contributed by atoms with Crippen molar-refractivity contribution in [3.8, 4) is 0 Å². The fraction of sp³-hybridized carbons (Fsp3) is 0.250. The van der Waals surface area contributed by atoms with E-state index in [4.69, 9.17) is 0 Å². The Balaban J connectivity index is 1.51. The van der Waals surface area contributed by atoms with Crippen molar-refractivity contribution >= 4 is 28.8 Å². The Labute approximate surface area is 190 Å². The highest BCUT2D eigenvalue weighted by Crippen LogP contribution is 2.29. The lowest BCUT2D eigenvalue weighted by Crippen LogP contribution is -2.43. The molecule has 0 radical (unpaired) electrons. The number of thiophene rings is 1. The van der Waals surface area contributed by atoms with Gasteiger partial charge in [-0.25, -0.2) is 0 Å². The zero-order valence-electron chi connectivity index (χ0n) is 17.4. The molecule has 1 saturated carbocycles. The van der Waals surface area contributed by atoms with Crippen LogP contribution in [0.5, 0.6) is 0 Å². The second-order valence-electron chi connectivity index (χ2n) is 7.78. The van der Waals surface area contributed by atoms with Crippen LogP contribution in [0.15, 0.2) is 72.1 Å². The maximum Gasteiger partial charge on any atom is 0.269 e. The molecule has 1 aromatic heterocycles. The van der Waals surface area contributed by atoms with Crippen LogP contribution in [0.25, 0.3) is 0 Å². The summed E-state index contributed by atoms with van der Waals surface area (Å²) < 4.78 is 0. The van der Waals surface area contributed by atoms with Crippen molar-refractivity contribution < 1.29 is 14.5 Å². The van der Waals surface area contributed by atoms with Gasteiger partial charge in [-0.05, 0) is 42.0 Å². The number of carbonyl (C=O) groups is 2. The average molecular weight is 450 g/mol. The SMILES string of the molecule is O=C(CN(C(=O)c1ccc([N+](=O)[O-])cc1)C1CC1)N(Cc1ccccc1)Cc1cccs1. The third-order valence-corrected chi connectivity index (χ3v) is 6.24. The standard InChI is InChI=1S/C24H23N3O4S/c28-23(25(16-22-7-4-14-32-22)15-18-5-2-1-3-6-18)17-26(20-12-13-20)24(29)19-8-10-21(11-9-19)27(30)31/h1-11,14,20H,12-13,15-17H2. The number of hydrogen-bond donors (Lipinski definition) is 0. The van der Waals surface area contributed by atoms with E-state index in [0.29, 0.717) is 18.7 Å². The minimum Gasteiger partial charge on any atom is -0.332 e. The topological polar surface area (TPSA) is 83.8 Å². The fourth-order valence-electron chi connectivity index (χ4n) is 3.52. The second-order valence-corrected chi connectivity index (χ2v) is 8.82. The number of benzene rings is 2. The number of rotatable bonds is 9. The van der Waals surface area contributed by atoms with Crippen LogP contribution in [0.4, 0.5) is 5.69 Å². The summed E-state index contributed by atoms with van der Waals surface area (Å²) in [7, 11) is 0. The van der Waals surface area contributed by atoms with Crippen LogP contribution in [0.3, 0.4) is 0 Å². The van der Waals surface area contributed by atoms with Gasteiger partial charge in [0, 0.05) is 35.2 Å². The van der Waals surface area contributed by atoms with Crippen molar-refractivity contribution in [1.29, 1.82) is 0 Å². The summed E-state index contributed by atoms with van der Waals surface area (Å²) in [6.07, 6.45) is 1.71. The molecule has 0 spiro atoms. The van der Waals surface area contributed by atoms with E-state index in [0.717, 1.165) is 23.3 Å². The Morgan fingerprint density at radius 3 is 2.28 bits per heavy atom. The number of nitro benzene ring substituents is 1. The molecule has 0 atom stereocenters. The van der Waals surface area contributed by atoms with E-state index in [2.05, 4.69) is 0 Å². The molecule has 1 heterocycles. The van der Waals surface area contributed by atoms with Crippen LogP contribution in [0.2, 0.25) is 0 Å². The molecule has 164 valence electrons. The minimum atomic E-state index is -0.498. The molecule has 7 nitrogen and oxygen atoms in total. The van der Waals surface area contributed by atoms with Crippen molar-refractivity contribution in [3.63, 3.8) is 0 Å².